The summed E-state index contributed by atoms with van der Waals surface area (Å²) >= 11 is 0. The summed E-state index contributed by atoms with van der Waals surface area (Å²) in [4.78, 5) is 0. The van der Waals surface area contributed by atoms with Crippen molar-refractivity contribution in [1.82, 2.24) is 9.78 Å². The van der Waals surface area contributed by atoms with Crippen molar-refractivity contribution in [2.45, 2.75) is 18.6 Å². The predicted molar refractivity (Wildman–Crippen MR) is 45.9 cm³/mol. The topological polar surface area (TPSA) is 78.5 Å². The van der Waals surface area contributed by atoms with Crippen LogP contribution < -0.4 is 0 Å². The van der Waals surface area contributed by atoms with E-state index in [9.17, 15) is 10.2 Å². The van der Waals surface area contributed by atoms with Crippen LogP contribution in [0, 0.1) is 0 Å². The maximum atomic E-state index is 9.57. The SMILES string of the molecule is Cn1nccc1C(O)C(O)CCO. The molecule has 2 atom stereocenters. The van der Waals surface area contributed by atoms with Gasteiger partial charge in [-0.1, -0.05) is 0 Å². The first-order chi connectivity index (χ1) is 6.16. The lowest BCUT2D eigenvalue weighted by Crippen LogP contribution is -2.21. The molecule has 1 aromatic heterocycles. The van der Waals surface area contributed by atoms with Crippen LogP contribution in [-0.4, -0.2) is 37.8 Å². The van der Waals surface area contributed by atoms with Gasteiger partial charge in [-0.15, -0.1) is 0 Å². The Morgan fingerprint density at radius 1 is 1.54 bits per heavy atom. The number of aryl methyl sites for hydroxylation is 1. The normalized spacial score (nSPS) is 15.7. The summed E-state index contributed by atoms with van der Waals surface area (Å²) < 4.78 is 1.49. The number of hydrogen-bond donors (Lipinski definition) is 3. The molecule has 0 aliphatic carbocycles. The second kappa shape index (κ2) is 4.36. The molecule has 13 heavy (non-hydrogen) atoms. The predicted octanol–water partition coefficient (Wildman–Crippen LogP) is -0.803. The first kappa shape index (κ1) is 10.2. The molecule has 0 aliphatic heterocycles. The van der Waals surface area contributed by atoms with E-state index in [1.54, 1.807) is 19.3 Å². The quantitative estimate of drug-likeness (QED) is 0.575. The summed E-state index contributed by atoms with van der Waals surface area (Å²) in [5.74, 6) is 0. The van der Waals surface area contributed by atoms with E-state index in [4.69, 9.17) is 5.11 Å². The Morgan fingerprint density at radius 2 is 2.23 bits per heavy atom. The summed E-state index contributed by atoms with van der Waals surface area (Å²) in [6.07, 6.45) is -0.226. The number of aliphatic hydroxyl groups excluding tert-OH is 3. The van der Waals surface area contributed by atoms with E-state index in [-0.39, 0.29) is 13.0 Å². The Bertz CT molecular complexity index is 262. The first-order valence-electron chi connectivity index (χ1n) is 4.11. The highest BCUT2D eigenvalue weighted by molar-refractivity contribution is 5.05. The van der Waals surface area contributed by atoms with E-state index in [0.717, 1.165) is 0 Å². The van der Waals surface area contributed by atoms with Crippen LogP contribution in [0.3, 0.4) is 0 Å². The van der Waals surface area contributed by atoms with Crippen molar-refractivity contribution < 1.29 is 15.3 Å². The summed E-state index contributed by atoms with van der Waals surface area (Å²) in [5.41, 5.74) is 0.543. The molecule has 74 valence electrons. The highest BCUT2D eigenvalue weighted by Crippen LogP contribution is 2.17. The van der Waals surface area contributed by atoms with Crippen LogP contribution >= 0.6 is 0 Å². The fourth-order valence-electron chi connectivity index (χ4n) is 1.16. The van der Waals surface area contributed by atoms with E-state index in [0.29, 0.717) is 5.69 Å². The molecule has 5 heteroatoms. The van der Waals surface area contributed by atoms with Crippen LogP contribution in [-0.2, 0) is 7.05 Å². The fourth-order valence-corrected chi connectivity index (χ4v) is 1.16. The maximum Gasteiger partial charge on any atom is 0.121 e. The zero-order valence-corrected chi connectivity index (χ0v) is 7.46. The molecule has 0 spiro atoms. The molecule has 0 saturated carbocycles. The van der Waals surface area contributed by atoms with Crippen LogP contribution in [0.25, 0.3) is 0 Å². The van der Waals surface area contributed by atoms with Gasteiger partial charge in [0.1, 0.15) is 6.10 Å². The molecule has 0 radical (unpaired) electrons. The highest BCUT2D eigenvalue weighted by Gasteiger charge is 2.20. The van der Waals surface area contributed by atoms with Gasteiger partial charge in [0, 0.05) is 19.9 Å². The van der Waals surface area contributed by atoms with E-state index < -0.39 is 12.2 Å². The lowest BCUT2D eigenvalue weighted by molar-refractivity contribution is -0.0000612. The van der Waals surface area contributed by atoms with Crippen LogP contribution in [0.2, 0.25) is 0 Å². The van der Waals surface area contributed by atoms with E-state index in [1.807, 2.05) is 0 Å². The Kier molecular flexibility index (Phi) is 3.41. The second-order valence-corrected chi connectivity index (χ2v) is 2.90. The molecule has 2 unspecified atom stereocenters. The lowest BCUT2D eigenvalue weighted by Gasteiger charge is -2.16. The largest absolute Gasteiger partial charge is 0.396 e. The van der Waals surface area contributed by atoms with Gasteiger partial charge in [0.05, 0.1) is 11.8 Å². The number of hydrogen-bond acceptors (Lipinski definition) is 4. The minimum absolute atomic E-state index is 0.143. The van der Waals surface area contributed by atoms with Crippen molar-refractivity contribution in [3.05, 3.63) is 18.0 Å². The molecule has 0 aliphatic rings. The number of aliphatic hydroxyl groups is 3. The average Bonchev–Trinajstić information content (AvgIpc) is 2.50. The molecule has 1 aromatic rings. The lowest BCUT2D eigenvalue weighted by atomic mass is 10.1. The maximum absolute atomic E-state index is 9.57. The van der Waals surface area contributed by atoms with Gasteiger partial charge < -0.3 is 15.3 Å². The fraction of sp³-hybridized carbons (Fsp3) is 0.625. The molecule has 1 heterocycles. The zero-order valence-electron chi connectivity index (χ0n) is 7.46. The molecule has 0 aromatic carbocycles. The van der Waals surface area contributed by atoms with Gasteiger partial charge in [-0.25, -0.2) is 0 Å². The van der Waals surface area contributed by atoms with Gasteiger partial charge in [0.25, 0.3) is 0 Å². The average molecular weight is 186 g/mol. The molecule has 3 N–H and O–H groups in total. The zero-order chi connectivity index (χ0) is 9.84. The van der Waals surface area contributed by atoms with Crippen LogP contribution in [0.5, 0.6) is 0 Å². The van der Waals surface area contributed by atoms with Gasteiger partial charge in [-0.2, -0.15) is 5.10 Å². The molecular formula is C8H14N2O3. The Hall–Kier alpha value is -0.910. The summed E-state index contributed by atoms with van der Waals surface area (Å²) in [6.45, 7) is -0.143. The van der Waals surface area contributed by atoms with Gasteiger partial charge in [-0.05, 0) is 12.5 Å². The van der Waals surface area contributed by atoms with Gasteiger partial charge in [-0.3, -0.25) is 4.68 Å². The van der Waals surface area contributed by atoms with Crippen molar-refractivity contribution in [3.8, 4) is 0 Å². The monoisotopic (exact) mass is 186 g/mol. The molecule has 1 rings (SSSR count). The number of nitrogens with zero attached hydrogens (tertiary/aromatic N) is 2. The second-order valence-electron chi connectivity index (χ2n) is 2.90. The minimum atomic E-state index is -0.986. The van der Waals surface area contributed by atoms with Crippen molar-refractivity contribution >= 4 is 0 Å². The van der Waals surface area contributed by atoms with Gasteiger partial charge in [0.2, 0.25) is 0 Å². The van der Waals surface area contributed by atoms with Crippen LogP contribution in [0.15, 0.2) is 12.3 Å². The van der Waals surface area contributed by atoms with E-state index in [2.05, 4.69) is 5.10 Å². The summed E-state index contributed by atoms with van der Waals surface area (Å²) in [5, 5.41) is 31.4. The van der Waals surface area contributed by atoms with Gasteiger partial charge in [0.15, 0.2) is 0 Å². The van der Waals surface area contributed by atoms with E-state index >= 15 is 0 Å². The molecule has 0 fully saturated rings. The molecule has 0 bridgehead atoms. The standard InChI is InChI=1S/C8H14N2O3/c1-10-6(2-4-9-10)8(13)7(12)3-5-11/h2,4,7-8,11-13H,3,5H2,1H3. The molecule has 0 saturated heterocycles. The van der Waals surface area contributed by atoms with E-state index in [1.165, 1.54) is 4.68 Å². The third-order valence-corrected chi connectivity index (χ3v) is 1.95. The summed E-state index contributed by atoms with van der Waals surface area (Å²) in [6, 6.07) is 1.63. The van der Waals surface area contributed by atoms with Crippen molar-refractivity contribution in [1.29, 1.82) is 0 Å². The van der Waals surface area contributed by atoms with Crippen molar-refractivity contribution in [2.24, 2.45) is 7.05 Å². The minimum Gasteiger partial charge on any atom is -0.396 e. The third kappa shape index (κ3) is 2.27. The molecule has 0 amide bonds. The van der Waals surface area contributed by atoms with Crippen LogP contribution in [0.1, 0.15) is 18.2 Å². The molecule has 5 nitrogen and oxygen atoms in total. The Balaban J connectivity index is 2.67. The molecular weight excluding hydrogens is 172 g/mol. The third-order valence-electron chi connectivity index (χ3n) is 1.95. The highest BCUT2D eigenvalue weighted by atomic mass is 16.3. The van der Waals surface area contributed by atoms with Crippen LogP contribution in [0.4, 0.5) is 0 Å². The van der Waals surface area contributed by atoms with Crippen molar-refractivity contribution in [3.63, 3.8) is 0 Å². The smallest absolute Gasteiger partial charge is 0.121 e. The Morgan fingerprint density at radius 3 is 2.69 bits per heavy atom. The summed E-state index contributed by atoms with van der Waals surface area (Å²) in [7, 11) is 1.68. The Labute approximate surface area is 76.2 Å². The van der Waals surface area contributed by atoms with Gasteiger partial charge >= 0.3 is 0 Å². The first-order valence-corrected chi connectivity index (χ1v) is 4.11. The number of aromatic nitrogens is 2. The van der Waals surface area contributed by atoms with Crippen molar-refractivity contribution in [2.75, 3.05) is 6.61 Å². The number of rotatable bonds is 4.